The van der Waals surface area contributed by atoms with E-state index in [2.05, 4.69) is 32.6 Å². The molecule has 84 valence electrons. The Kier molecular flexibility index (Phi) is 3.76. The van der Waals surface area contributed by atoms with Crippen molar-refractivity contribution >= 4 is 5.97 Å². The molecule has 1 rings (SSSR count). The maximum absolute atomic E-state index is 10.7. The van der Waals surface area contributed by atoms with Crippen LogP contribution in [0, 0.1) is 11.3 Å². The summed E-state index contributed by atoms with van der Waals surface area (Å²) in [6, 6.07) is 0. The highest BCUT2D eigenvalue weighted by Gasteiger charge is 2.43. The molecule has 0 bridgehead atoms. The van der Waals surface area contributed by atoms with Gasteiger partial charge < -0.3 is 4.74 Å². The minimum absolute atomic E-state index is 0.140. The lowest BCUT2D eigenvalue weighted by Gasteiger charge is -2.45. The summed E-state index contributed by atoms with van der Waals surface area (Å²) in [6.07, 6.45) is 4.10. The molecule has 1 aliphatic rings. The molecule has 0 aromatic carbocycles. The maximum atomic E-state index is 10.7. The quantitative estimate of drug-likeness (QED) is 0.526. The number of carbonyl (C=O) groups is 1. The third kappa shape index (κ3) is 2.73. The van der Waals surface area contributed by atoms with E-state index in [1.54, 1.807) is 0 Å². The van der Waals surface area contributed by atoms with Gasteiger partial charge in [0.1, 0.15) is 0 Å². The van der Waals surface area contributed by atoms with E-state index >= 15 is 0 Å². The van der Waals surface area contributed by atoms with Crippen molar-refractivity contribution in [3.8, 4) is 0 Å². The van der Waals surface area contributed by atoms with Gasteiger partial charge in [-0.05, 0) is 29.9 Å². The number of allylic oxidation sites excluding steroid dienone is 1. The predicted molar refractivity (Wildman–Crippen MR) is 60.4 cm³/mol. The van der Waals surface area contributed by atoms with Crippen molar-refractivity contribution in [3.63, 3.8) is 0 Å². The number of hydrogen-bond acceptors (Lipinski definition) is 2. The number of hydrogen-bond donors (Lipinski definition) is 0. The van der Waals surface area contributed by atoms with E-state index in [9.17, 15) is 4.79 Å². The van der Waals surface area contributed by atoms with Gasteiger partial charge >= 0.3 is 5.97 Å². The van der Waals surface area contributed by atoms with Gasteiger partial charge in [-0.15, -0.1) is 5.73 Å². The van der Waals surface area contributed by atoms with Crippen LogP contribution in [0.25, 0.3) is 0 Å². The maximum Gasteiger partial charge on any atom is 0.302 e. The van der Waals surface area contributed by atoms with E-state index in [4.69, 9.17) is 4.74 Å². The SMILES string of the molecule is CCC=C=C1CC(COC(C)=O)C1(C)C. The van der Waals surface area contributed by atoms with Gasteiger partial charge in [0.2, 0.25) is 0 Å². The first-order valence-corrected chi connectivity index (χ1v) is 5.56. The molecule has 0 aromatic rings. The van der Waals surface area contributed by atoms with E-state index < -0.39 is 0 Å². The second kappa shape index (κ2) is 4.67. The van der Waals surface area contributed by atoms with Gasteiger partial charge in [0.05, 0.1) is 6.61 Å². The molecule has 1 unspecified atom stereocenters. The van der Waals surface area contributed by atoms with E-state index in [0.717, 1.165) is 12.8 Å². The van der Waals surface area contributed by atoms with Crippen molar-refractivity contribution in [2.75, 3.05) is 6.61 Å². The summed E-state index contributed by atoms with van der Waals surface area (Å²) in [6.45, 7) is 8.49. The van der Waals surface area contributed by atoms with Crippen molar-refractivity contribution in [3.05, 3.63) is 17.4 Å². The van der Waals surface area contributed by atoms with Crippen LogP contribution in [0.2, 0.25) is 0 Å². The third-order valence-electron chi connectivity index (χ3n) is 3.22. The highest BCUT2D eigenvalue weighted by molar-refractivity contribution is 5.65. The van der Waals surface area contributed by atoms with Crippen LogP contribution in [0.1, 0.15) is 40.5 Å². The molecule has 0 aliphatic heterocycles. The van der Waals surface area contributed by atoms with E-state index in [1.807, 2.05) is 0 Å². The molecule has 2 heteroatoms. The van der Waals surface area contributed by atoms with Crippen molar-refractivity contribution < 1.29 is 9.53 Å². The molecule has 0 saturated heterocycles. The molecule has 2 nitrogen and oxygen atoms in total. The molecule has 0 N–H and O–H groups in total. The Morgan fingerprint density at radius 1 is 1.67 bits per heavy atom. The first kappa shape index (κ1) is 12.1. The Morgan fingerprint density at radius 3 is 2.80 bits per heavy atom. The van der Waals surface area contributed by atoms with Crippen LogP contribution in [0.4, 0.5) is 0 Å². The van der Waals surface area contributed by atoms with Crippen LogP contribution in [-0.4, -0.2) is 12.6 Å². The van der Waals surface area contributed by atoms with Crippen LogP contribution in [0.15, 0.2) is 17.4 Å². The van der Waals surface area contributed by atoms with Crippen LogP contribution in [0.3, 0.4) is 0 Å². The van der Waals surface area contributed by atoms with Gasteiger partial charge in [-0.3, -0.25) is 4.79 Å². The first-order valence-electron chi connectivity index (χ1n) is 5.56. The fraction of sp³-hybridized carbons (Fsp3) is 0.692. The molecule has 0 amide bonds. The molecule has 1 fully saturated rings. The number of rotatable bonds is 3. The van der Waals surface area contributed by atoms with E-state index in [1.165, 1.54) is 12.5 Å². The zero-order valence-electron chi connectivity index (χ0n) is 10.1. The minimum atomic E-state index is -0.188. The average Bonchev–Trinajstić information content (AvgIpc) is 2.15. The van der Waals surface area contributed by atoms with Crippen LogP contribution in [-0.2, 0) is 9.53 Å². The van der Waals surface area contributed by atoms with Crippen LogP contribution >= 0.6 is 0 Å². The monoisotopic (exact) mass is 208 g/mol. The average molecular weight is 208 g/mol. The molecular formula is C13H20O2. The first-order chi connectivity index (χ1) is 6.98. The van der Waals surface area contributed by atoms with Gasteiger partial charge in [0.25, 0.3) is 0 Å². The highest BCUT2D eigenvalue weighted by atomic mass is 16.5. The number of ether oxygens (including phenoxy) is 1. The Bertz CT molecular complexity index is 306. The Hall–Kier alpha value is -1.01. The minimum Gasteiger partial charge on any atom is -0.466 e. The summed E-state index contributed by atoms with van der Waals surface area (Å²) in [5.74, 6) is 0.265. The fourth-order valence-corrected chi connectivity index (χ4v) is 1.84. The molecule has 1 saturated carbocycles. The van der Waals surface area contributed by atoms with E-state index in [0.29, 0.717) is 12.5 Å². The Morgan fingerprint density at radius 2 is 2.33 bits per heavy atom. The third-order valence-corrected chi connectivity index (χ3v) is 3.22. The predicted octanol–water partition coefficient (Wildman–Crippen LogP) is 3.09. The molecule has 0 radical (unpaired) electrons. The lowest BCUT2D eigenvalue weighted by Crippen LogP contribution is -2.40. The topological polar surface area (TPSA) is 26.3 Å². The Balaban J connectivity index is 2.55. The summed E-state index contributed by atoms with van der Waals surface area (Å²) >= 11 is 0. The molecule has 0 heterocycles. The van der Waals surface area contributed by atoms with Crippen molar-refractivity contribution in [2.24, 2.45) is 11.3 Å². The highest BCUT2D eigenvalue weighted by Crippen LogP contribution is 2.50. The normalized spacial score (nSPS) is 22.7. The van der Waals surface area contributed by atoms with E-state index in [-0.39, 0.29) is 11.4 Å². The summed E-state index contributed by atoms with van der Waals surface area (Å²) in [5, 5.41) is 0. The van der Waals surface area contributed by atoms with Crippen LogP contribution < -0.4 is 0 Å². The summed E-state index contributed by atoms with van der Waals surface area (Å²) < 4.78 is 5.04. The van der Waals surface area contributed by atoms with Crippen molar-refractivity contribution in [1.29, 1.82) is 0 Å². The standard InChI is InChI=1S/C13H20O2/c1-5-6-7-11-8-12(13(11,3)4)9-15-10(2)14/h6,12H,5,8-9H2,1-4H3. The summed E-state index contributed by atoms with van der Waals surface area (Å²) in [5.41, 5.74) is 4.82. The molecule has 1 aliphatic carbocycles. The van der Waals surface area contributed by atoms with Gasteiger partial charge in [0, 0.05) is 12.8 Å². The molecule has 0 spiro atoms. The fourth-order valence-electron chi connectivity index (χ4n) is 1.84. The largest absolute Gasteiger partial charge is 0.466 e. The second-order valence-electron chi connectivity index (χ2n) is 4.66. The number of esters is 1. The molecule has 1 atom stereocenters. The molecule has 0 aromatic heterocycles. The second-order valence-corrected chi connectivity index (χ2v) is 4.66. The zero-order valence-corrected chi connectivity index (χ0v) is 10.1. The molecular weight excluding hydrogens is 188 g/mol. The lowest BCUT2D eigenvalue weighted by atomic mass is 9.59. The van der Waals surface area contributed by atoms with Gasteiger partial charge in [-0.25, -0.2) is 0 Å². The lowest BCUT2D eigenvalue weighted by molar-refractivity contribution is -0.144. The van der Waals surface area contributed by atoms with Gasteiger partial charge in [0.15, 0.2) is 0 Å². The van der Waals surface area contributed by atoms with Crippen LogP contribution in [0.5, 0.6) is 0 Å². The molecule has 15 heavy (non-hydrogen) atoms. The Labute approximate surface area is 92.0 Å². The van der Waals surface area contributed by atoms with Gasteiger partial charge in [-0.1, -0.05) is 20.8 Å². The summed E-state index contributed by atoms with van der Waals surface area (Å²) in [7, 11) is 0. The van der Waals surface area contributed by atoms with Gasteiger partial charge in [-0.2, -0.15) is 0 Å². The smallest absolute Gasteiger partial charge is 0.302 e. The van der Waals surface area contributed by atoms with Crippen molar-refractivity contribution in [1.82, 2.24) is 0 Å². The summed E-state index contributed by atoms with van der Waals surface area (Å²) in [4.78, 5) is 10.7. The number of carbonyl (C=O) groups excluding carboxylic acids is 1. The zero-order chi connectivity index (χ0) is 11.5. The van der Waals surface area contributed by atoms with Crippen molar-refractivity contribution in [2.45, 2.75) is 40.5 Å².